The summed E-state index contributed by atoms with van der Waals surface area (Å²) in [5, 5.41) is 7.54. The maximum absolute atomic E-state index is 5.52. The number of ether oxygens (including phenoxy) is 2. The molecule has 0 aliphatic carbocycles. The van der Waals surface area contributed by atoms with E-state index in [0.717, 1.165) is 23.5 Å². The molecule has 0 saturated carbocycles. The Morgan fingerprint density at radius 1 is 1.25 bits per heavy atom. The van der Waals surface area contributed by atoms with Crippen molar-refractivity contribution in [2.24, 2.45) is 7.05 Å². The van der Waals surface area contributed by atoms with Gasteiger partial charge >= 0.3 is 0 Å². The highest BCUT2D eigenvalue weighted by Gasteiger charge is 2.00. The van der Waals surface area contributed by atoms with Crippen LogP contribution in [-0.4, -0.2) is 30.1 Å². The summed E-state index contributed by atoms with van der Waals surface area (Å²) in [4.78, 5) is 0. The van der Waals surface area contributed by atoms with Crippen LogP contribution in [0, 0.1) is 0 Å². The molecule has 5 heteroatoms. The van der Waals surface area contributed by atoms with Crippen molar-refractivity contribution >= 4 is 5.69 Å². The molecular weight excluding hydrogens is 254 g/mol. The summed E-state index contributed by atoms with van der Waals surface area (Å²) >= 11 is 0. The zero-order chi connectivity index (χ0) is 14.2. The monoisotopic (exact) mass is 275 g/mol. The third-order valence-corrected chi connectivity index (χ3v) is 3.02. The van der Waals surface area contributed by atoms with Gasteiger partial charge in [0.1, 0.15) is 0 Å². The van der Waals surface area contributed by atoms with Gasteiger partial charge in [0.15, 0.2) is 0 Å². The fourth-order valence-corrected chi connectivity index (χ4v) is 1.87. The minimum absolute atomic E-state index is 0.602. The quantitative estimate of drug-likeness (QED) is 0.750. The average Bonchev–Trinajstić information content (AvgIpc) is 2.87. The number of methoxy groups -OCH3 is 1. The molecule has 2 rings (SSSR count). The van der Waals surface area contributed by atoms with Gasteiger partial charge in [-0.1, -0.05) is 12.1 Å². The first-order valence-corrected chi connectivity index (χ1v) is 6.66. The molecule has 2 aromatic rings. The van der Waals surface area contributed by atoms with Crippen molar-refractivity contribution in [3.05, 3.63) is 47.8 Å². The van der Waals surface area contributed by atoms with E-state index in [1.807, 2.05) is 23.9 Å². The van der Waals surface area contributed by atoms with E-state index in [2.05, 4.69) is 28.6 Å². The molecule has 1 heterocycles. The summed E-state index contributed by atoms with van der Waals surface area (Å²) in [7, 11) is 3.61. The van der Waals surface area contributed by atoms with Crippen LogP contribution in [0.25, 0.3) is 0 Å². The number of anilines is 1. The van der Waals surface area contributed by atoms with E-state index >= 15 is 0 Å². The van der Waals surface area contributed by atoms with Crippen LogP contribution in [0.5, 0.6) is 0 Å². The predicted octanol–water partition coefficient (Wildman–Crippen LogP) is 2.20. The van der Waals surface area contributed by atoms with E-state index in [9.17, 15) is 0 Å². The maximum atomic E-state index is 5.52. The van der Waals surface area contributed by atoms with Gasteiger partial charge in [-0.05, 0) is 23.8 Å². The Morgan fingerprint density at radius 2 is 2.15 bits per heavy atom. The van der Waals surface area contributed by atoms with Gasteiger partial charge in [-0.25, -0.2) is 0 Å². The number of benzene rings is 1. The fraction of sp³-hybridized carbons (Fsp3) is 0.400. The zero-order valence-electron chi connectivity index (χ0n) is 12.0. The van der Waals surface area contributed by atoms with Gasteiger partial charge in [-0.3, -0.25) is 4.68 Å². The van der Waals surface area contributed by atoms with Crippen LogP contribution in [0.2, 0.25) is 0 Å². The first-order valence-electron chi connectivity index (χ1n) is 6.66. The molecular formula is C15H21N3O2. The molecule has 0 aliphatic rings. The van der Waals surface area contributed by atoms with E-state index in [1.54, 1.807) is 13.3 Å². The Hall–Kier alpha value is -1.85. The summed E-state index contributed by atoms with van der Waals surface area (Å²) in [6.07, 6.45) is 1.80. The standard InChI is InChI=1S/C15H21N3O2/c1-18-15(6-7-17-18)11-16-14-5-3-4-13(10-14)12-20-9-8-19-2/h3-7,10,16H,8-9,11-12H2,1-2H3. The molecule has 0 saturated heterocycles. The second-order valence-electron chi connectivity index (χ2n) is 4.55. The van der Waals surface area contributed by atoms with E-state index in [1.165, 1.54) is 0 Å². The van der Waals surface area contributed by atoms with Gasteiger partial charge in [0.2, 0.25) is 0 Å². The molecule has 0 unspecified atom stereocenters. The molecule has 108 valence electrons. The van der Waals surface area contributed by atoms with Gasteiger partial charge in [-0.15, -0.1) is 0 Å². The topological polar surface area (TPSA) is 48.3 Å². The molecule has 0 aliphatic heterocycles. The Morgan fingerprint density at radius 3 is 2.90 bits per heavy atom. The highest BCUT2D eigenvalue weighted by atomic mass is 16.5. The molecule has 20 heavy (non-hydrogen) atoms. The first-order chi connectivity index (χ1) is 9.79. The number of nitrogens with zero attached hydrogens (tertiary/aromatic N) is 2. The molecule has 0 atom stereocenters. The largest absolute Gasteiger partial charge is 0.382 e. The van der Waals surface area contributed by atoms with E-state index < -0.39 is 0 Å². The average molecular weight is 275 g/mol. The summed E-state index contributed by atoms with van der Waals surface area (Å²) < 4.78 is 12.3. The van der Waals surface area contributed by atoms with Crippen molar-refractivity contribution in [2.75, 3.05) is 25.6 Å². The molecule has 0 bridgehead atoms. The minimum atomic E-state index is 0.602. The summed E-state index contributed by atoms with van der Waals surface area (Å²) in [5.41, 5.74) is 3.38. The Bertz CT molecular complexity index is 525. The van der Waals surface area contributed by atoms with Gasteiger partial charge in [-0.2, -0.15) is 5.10 Å². The zero-order valence-corrected chi connectivity index (χ0v) is 12.0. The smallest absolute Gasteiger partial charge is 0.0718 e. The van der Waals surface area contributed by atoms with Gasteiger partial charge in [0.25, 0.3) is 0 Å². The SMILES string of the molecule is COCCOCc1cccc(NCc2ccnn2C)c1. The van der Waals surface area contributed by atoms with Crippen LogP contribution in [0.3, 0.4) is 0 Å². The second-order valence-corrected chi connectivity index (χ2v) is 4.55. The van der Waals surface area contributed by atoms with Crippen LogP contribution in [0.15, 0.2) is 36.5 Å². The van der Waals surface area contributed by atoms with Crippen molar-refractivity contribution in [3.63, 3.8) is 0 Å². The summed E-state index contributed by atoms with van der Waals surface area (Å²) in [5.74, 6) is 0. The lowest BCUT2D eigenvalue weighted by atomic mass is 10.2. The van der Waals surface area contributed by atoms with Gasteiger partial charge in [0.05, 0.1) is 32.1 Å². The third-order valence-electron chi connectivity index (χ3n) is 3.02. The third kappa shape index (κ3) is 4.36. The molecule has 1 N–H and O–H groups in total. The summed E-state index contributed by atoms with van der Waals surface area (Å²) in [6.45, 7) is 2.59. The molecule has 1 aromatic heterocycles. The maximum Gasteiger partial charge on any atom is 0.0718 e. The van der Waals surface area contributed by atoms with Crippen LogP contribution < -0.4 is 5.32 Å². The van der Waals surface area contributed by atoms with E-state index in [4.69, 9.17) is 9.47 Å². The fourth-order valence-electron chi connectivity index (χ4n) is 1.87. The minimum Gasteiger partial charge on any atom is -0.382 e. The van der Waals surface area contributed by atoms with E-state index in [-0.39, 0.29) is 0 Å². The van der Waals surface area contributed by atoms with Crippen LogP contribution in [0.1, 0.15) is 11.3 Å². The second kappa shape index (κ2) is 7.67. The molecule has 1 aromatic carbocycles. The van der Waals surface area contributed by atoms with Gasteiger partial charge < -0.3 is 14.8 Å². The van der Waals surface area contributed by atoms with E-state index in [0.29, 0.717) is 19.8 Å². The number of aryl methyl sites for hydroxylation is 1. The molecule has 0 radical (unpaired) electrons. The van der Waals surface area contributed by atoms with Gasteiger partial charge in [0, 0.05) is 26.0 Å². The lowest BCUT2D eigenvalue weighted by molar-refractivity contribution is 0.0617. The summed E-state index contributed by atoms with van der Waals surface area (Å²) in [6, 6.07) is 10.2. The van der Waals surface area contributed by atoms with Crippen molar-refractivity contribution in [2.45, 2.75) is 13.2 Å². The Kier molecular flexibility index (Phi) is 5.58. The number of aromatic nitrogens is 2. The normalized spacial score (nSPS) is 10.7. The van der Waals surface area contributed by atoms with Crippen molar-refractivity contribution in [1.29, 1.82) is 0 Å². The van der Waals surface area contributed by atoms with Crippen LogP contribution >= 0.6 is 0 Å². The lowest BCUT2D eigenvalue weighted by Crippen LogP contribution is -2.06. The first kappa shape index (κ1) is 14.6. The number of hydrogen-bond donors (Lipinski definition) is 1. The van der Waals surface area contributed by atoms with Crippen molar-refractivity contribution in [1.82, 2.24) is 9.78 Å². The van der Waals surface area contributed by atoms with Crippen molar-refractivity contribution < 1.29 is 9.47 Å². The molecule has 0 spiro atoms. The Balaban J connectivity index is 1.84. The molecule has 0 amide bonds. The van der Waals surface area contributed by atoms with Crippen molar-refractivity contribution in [3.8, 4) is 0 Å². The Labute approximate surface area is 119 Å². The highest BCUT2D eigenvalue weighted by molar-refractivity contribution is 5.45. The predicted molar refractivity (Wildman–Crippen MR) is 78.5 cm³/mol. The molecule has 0 fully saturated rings. The number of rotatable bonds is 8. The number of nitrogens with one attached hydrogen (secondary N) is 1. The van der Waals surface area contributed by atoms with Crippen LogP contribution in [-0.2, 0) is 29.7 Å². The lowest BCUT2D eigenvalue weighted by Gasteiger charge is -2.09. The highest BCUT2D eigenvalue weighted by Crippen LogP contribution is 2.13. The number of hydrogen-bond acceptors (Lipinski definition) is 4. The van der Waals surface area contributed by atoms with Crippen LogP contribution in [0.4, 0.5) is 5.69 Å². The molecule has 5 nitrogen and oxygen atoms in total.